The number of nitrogens with one attached hydrogen (secondary N) is 2. The number of hydrogen-bond acceptors (Lipinski definition) is 4. The maximum Gasteiger partial charge on any atom is 0.237 e. The summed E-state index contributed by atoms with van der Waals surface area (Å²) in [6.07, 6.45) is 4.26. The van der Waals surface area contributed by atoms with E-state index in [0.717, 1.165) is 51.9 Å². The van der Waals surface area contributed by atoms with Gasteiger partial charge in [-0.3, -0.25) is 14.5 Å². The smallest absolute Gasteiger partial charge is 0.237 e. The first-order valence-electron chi connectivity index (χ1n) is 8.00. The molecule has 2 amide bonds. The zero-order chi connectivity index (χ0) is 15.2. The summed E-state index contributed by atoms with van der Waals surface area (Å²) in [5.74, 6) is 0.739. The van der Waals surface area contributed by atoms with E-state index in [4.69, 9.17) is 0 Å². The zero-order valence-electron chi connectivity index (χ0n) is 13.2. The van der Waals surface area contributed by atoms with Crippen LogP contribution in [0.3, 0.4) is 0 Å². The summed E-state index contributed by atoms with van der Waals surface area (Å²) in [7, 11) is 3.58. The molecule has 0 aromatic carbocycles. The quantitative estimate of drug-likeness (QED) is 0.728. The van der Waals surface area contributed by atoms with Gasteiger partial charge < -0.3 is 15.5 Å². The van der Waals surface area contributed by atoms with Crippen LogP contribution in [0.5, 0.6) is 0 Å². The number of hydrogen-bond donors (Lipinski definition) is 2. The fraction of sp³-hybridized carbons (Fsp3) is 0.867. The molecule has 21 heavy (non-hydrogen) atoms. The Labute approximate surface area is 127 Å². The van der Waals surface area contributed by atoms with Crippen LogP contribution in [0.15, 0.2) is 0 Å². The second kappa shape index (κ2) is 7.75. The maximum absolute atomic E-state index is 12.0. The standard InChI is InChI=1S/C15H28N4O2/c1-18(2)14(20)11-19-8-4-5-12(10-19)9-17-15(21)13-6-3-7-16-13/h12-13,16H,3-11H2,1-2H3,(H,17,21). The van der Waals surface area contributed by atoms with Gasteiger partial charge >= 0.3 is 0 Å². The predicted molar refractivity (Wildman–Crippen MR) is 81.9 cm³/mol. The molecule has 0 bridgehead atoms. The SMILES string of the molecule is CN(C)C(=O)CN1CCCC(CNC(=O)C2CCCN2)C1. The Morgan fingerprint density at radius 1 is 1.29 bits per heavy atom. The van der Waals surface area contributed by atoms with E-state index in [9.17, 15) is 9.59 Å². The van der Waals surface area contributed by atoms with Crippen LogP contribution in [0.25, 0.3) is 0 Å². The highest BCUT2D eigenvalue weighted by molar-refractivity contribution is 5.82. The molecule has 2 aliphatic rings. The Morgan fingerprint density at radius 3 is 2.76 bits per heavy atom. The average Bonchev–Trinajstić information content (AvgIpc) is 2.99. The summed E-state index contributed by atoms with van der Waals surface area (Å²) in [6, 6.07) is 0.0000115. The predicted octanol–water partition coefficient (Wildman–Crippen LogP) is -0.345. The lowest BCUT2D eigenvalue weighted by Gasteiger charge is -2.33. The third-order valence-corrected chi connectivity index (χ3v) is 4.40. The summed E-state index contributed by atoms with van der Waals surface area (Å²) in [5, 5.41) is 6.29. The Kier molecular flexibility index (Phi) is 5.99. The van der Waals surface area contributed by atoms with Crippen molar-refractivity contribution in [2.45, 2.75) is 31.7 Å². The average molecular weight is 296 g/mol. The molecule has 2 fully saturated rings. The largest absolute Gasteiger partial charge is 0.354 e. The topological polar surface area (TPSA) is 64.7 Å². The molecule has 0 aliphatic carbocycles. The number of amides is 2. The molecule has 120 valence electrons. The fourth-order valence-corrected chi connectivity index (χ4v) is 3.07. The van der Waals surface area contributed by atoms with Crippen molar-refractivity contribution in [2.75, 3.05) is 46.8 Å². The van der Waals surface area contributed by atoms with Crippen molar-refractivity contribution in [1.82, 2.24) is 20.4 Å². The van der Waals surface area contributed by atoms with Crippen molar-refractivity contribution in [3.05, 3.63) is 0 Å². The lowest BCUT2D eigenvalue weighted by molar-refractivity contribution is -0.130. The monoisotopic (exact) mass is 296 g/mol. The number of carbonyl (C=O) groups excluding carboxylic acids is 2. The minimum atomic E-state index is 0.0000115. The molecule has 2 unspecified atom stereocenters. The van der Waals surface area contributed by atoms with Gasteiger partial charge in [-0.05, 0) is 44.7 Å². The van der Waals surface area contributed by atoms with Crippen LogP contribution in [-0.2, 0) is 9.59 Å². The molecule has 0 aromatic rings. The van der Waals surface area contributed by atoms with Gasteiger partial charge in [-0.25, -0.2) is 0 Å². The normalized spacial score (nSPS) is 26.6. The van der Waals surface area contributed by atoms with Gasteiger partial charge in [-0.1, -0.05) is 0 Å². The van der Waals surface area contributed by atoms with Crippen molar-refractivity contribution in [3.63, 3.8) is 0 Å². The zero-order valence-corrected chi connectivity index (χ0v) is 13.2. The summed E-state index contributed by atoms with van der Waals surface area (Å²) in [5.41, 5.74) is 0. The molecule has 6 nitrogen and oxygen atoms in total. The van der Waals surface area contributed by atoms with Crippen LogP contribution < -0.4 is 10.6 Å². The van der Waals surface area contributed by atoms with E-state index < -0.39 is 0 Å². The minimum Gasteiger partial charge on any atom is -0.354 e. The van der Waals surface area contributed by atoms with Crippen LogP contribution in [0.1, 0.15) is 25.7 Å². The molecule has 0 radical (unpaired) electrons. The summed E-state index contributed by atoms with van der Waals surface area (Å²) in [6.45, 7) is 4.04. The molecule has 0 spiro atoms. The van der Waals surface area contributed by atoms with Gasteiger partial charge in [0.2, 0.25) is 11.8 Å². The third kappa shape index (κ3) is 4.97. The minimum absolute atomic E-state index is 0.0000115. The number of likely N-dealkylation sites (N-methyl/N-ethyl adjacent to an activating group) is 1. The second-order valence-corrected chi connectivity index (χ2v) is 6.43. The highest BCUT2D eigenvalue weighted by Gasteiger charge is 2.25. The molecule has 2 heterocycles. The highest BCUT2D eigenvalue weighted by atomic mass is 16.2. The molecule has 2 saturated heterocycles. The Balaban J connectivity index is 1.71. The number of nitrogens with zero attached hydrogens (tertiary/aromatic N) is 2. The van der Waals surface area contributed by atoms with Gasteiger partial charge in [0.05, 0.1) is 12.6 Å². The van der Waals surface area contributed by atoms with E-state index in [1.54, 1.807) is 19.0 Å². The van der Waals surface area contributed by atoms with Crippen molar-refractivity contribution >= 4 is 11.8 Å². The highest BCUT2D eigenvalue weighted by Crippen LogP contribution is 2.16. The Bertz CT molecular complexity index is 367. The summed E-state index contributed by atoms with van der Waals surface area (Å²) in [4.78, 5) is 27.6. The summed E-state index contributed by atoms with van der Waals surface area (Å²) >= 11 is 0. The van der Waals surface area contributed by atoms with E-state index in [0.29, 0.717) is 12.5 Å². The fourth-order valence-electron chi connectivity index (χ4n) is 3.07. The van der Waals surface area contributed by atoms with Gasteiger partial charge in [-0.15, -0.1) is 0 Å². The van der Waals surface area contributed by atoms with E-state index in [-0.39, 0.29) is 17.9 Å². The lowest BCUT2D eigenvalue weighted by Crippen LogP contribution is -2.47. The van der Waals surface area contributed by atoms with E-state index >= 15 is 0 Å². The molecule has 2 N–H and O–H groups in total. The van der Waals surface area contributed by atoms with Crippen LogP contribution >= 0.6 is 0 Å². The van der Waals surface area contributed by atoms with Crippen LogP contribution in [0, 0.1) is 5.92 Å². The van der Waals surface area contributed by atoms with Gasteiger partial charge in [0.1, 0.15) is 0 Å². The van der Waals surface area contributed by atoms with E-state index in [2.05, 4.69) is 15.5 Å². The molecular formula is C15H28N4O2. The number of likely N-dealkylation sites (tertiary alicyclic amines) is 1. The molecule has 2 atom stereocenters. The van der Waals surface area contributed by atoms with Crippen LogP contribution in [0.4, 0.5) is 0 Å². The van der Waals surface area contributed by atoms with Crippen LogP contribution in [0.2, 0.25) is 0 Å². The van der Waals surface area contributed by atoms with Crippen molar-refractivity contribution in [3.8, 4) is 0 Å². The van der Waals surface area contributed by atoms with E-state index in [1.165, 1.54) is 0 Å². The molecule has 2 rings (SSSR count). The molecule has 6 heteroatoms. The van der Waals surface area contributed by atoms with Gasteiger partial charge in [-0.2, -0.15) is 0 Å². The number of carbonyl (C=O) groups is 2. The molecule has 2 aliphatic heterocycles. The van der Waals surface area contributed by atoms with Crippen LogP contribution in [-0.4, -0.2) is 74.5 Å². The van der Waals surface area contributed by atoms with E-state index in [1.807, 2.05) is 0 Å². The summed E-state index contributed by atoms with van der Waals surface area (Å²) < 4.78 is 0. The Morgan fingerprint density at radius 2 is 2.10 bits per heavy atom. The molecule has 0 aromatic heterocycles. The second-order valence-electron chi connectivity index (χ2n) is 6.43. The molecular weight excluding hydrogens is 268 g/mol. The van der Waals surface area contributed by atoms with Gasteiger partial charge in [0.15, 0.2) is 0 Å². The Hall–Kier alpha value is -1.14. The third-order valence-electron chi connectivity index (χ3n) is 4.40. The number of piperidine rings is 1. The first kappa shape index (κ1) is 16.2. The van der Waals surface area contributed by atoms with Crippen molar-refractivity contribution in [2.24, 2.45) is 5.92 Å². The first-order chi connectivity index (χ1) is 10.1. The van der Waals surface area contributed by atoms with Crippen molar-refractivity contribution in [1.29, 1.82) is 0 Å². The van der Waals surface area contributed by atoms with Crippen molar-refractivity contribution < 1.29 is 9.59 Å². The lowest BCUT2D eigenvalue weighted by atomic mass is 9.98. The number of rotatable bonds is 5. The van der Waals surface area contributed by atoms with Gasteiger partial charge in [0, 0.05) is 27.2 Å². The molecule has 0 saturated carbocycles. The van der Waals surface area contributed by atoms with Gasteiger partial charge in [0.25, 0.3) is 0 Å². The first-order valence-corrected chi connectivity index (χ1v) is 8.00. The maximum atomic E-state index is 12.0.